The fourth-order valence-corrected chi connectivity index (χ4v) is 2.22. The van der Waals surface area contributed by atoms with Crippen LogP contribution in [0.3, 0.4) is 0 Å². The van der Waals surface area contributed by atoms with Crippen molar-refractivity contribution in [2.45, 2.75) is 6.23 Å². The van der Waals surface area contributed by atoms with Crippen molar-refractivity contribution < 1.29 is 9.53 Å². The first-order chi connectivity index (χ1) is 9.15. The number of fused-ring (bicyclic) bond motifs is 1. The molecule has 0 radical (unpaired) electrons. The molecule has 2 aromatic rings. The molecule has 0 amide bonds. The summed E-state index contributed by atoms with van der Waals surface area (Å²) >= 11 is 12.0. The molecule has 1 heterocycles. The van der Waals surface area contributed by atoms with Gasteiger partial charge in [0, 0.05) is 10.6 Å². The highest BCUT2D eigenvalue weighted by atomic mass is 35.5. The Balaban J connectivity index is 1.93. The molecule has 1 aliphatic heterocycles. The van der Waals surface area contributed by atoms with E-state index in [1.165, 1.54) is 0 Å². The molecule has 0 aliphatic carbocycles. The van der Waals surface area contributed by atoms with Gasteiger partial charge in [-0.1, -0.05) is 35.3 Å². The zero-order chi connectivity index (χ0) is 13.4. The monoisotopic (exact) mass is 291 g/mol. The number of esters is 1. The predicted octanol–water partition coefficient (Wildman–Crippen LogP) is 3.87. The van der Waals surface area contributed by atoms with E-state index in [0.29, 0.717) is 26.9 Å². The summed E-state index contributed by atoms with van der Waals surface area (Å²) < 4.78 is 5.23. The Hall–Kier alpha value is -1.89. The fourth-order valence-electron chi connectivity index (χ4n) is 1.87. The van der Waals surface area contributed by atoms with Crippen LogP contribution in [0.5, 0.6) is 0 Å². The molecule has 3 nitrogen and oxygen atoms in total. The minimum Gasteiger partial charge on any atom is -0.433 e. The lowest BCUT2D eigenvalue weighted by Crippen LogP contribution is -2.10. The summed E-state index contributed by atoms with van der Waals surface area (Å²) in [6.45, 7) is 0. The van der Waals surface area contributed by atoms with Crippen LogP contribution in [-0.2, 0) is 4.74 Å². The van der Waals surface area contributed by atoms with Gasteiger partial charge in [-0.2, -0.15) is 0 Å². The Morgan fingerprint density at radius 3 is 2.95 bits per heavy atom. The third-order valence-electron chi connectivity index (χ3n) is 2.76. The van der Waals surface area contributed by atoms with Gasteiger partial charge in [0.25, 0.3) is 0 Å². The Bertz CT molecular complexity index is 658. The van der Waals surface area contributed by atoms with Crippen LogP contribution in [0, 0.1) is 12.1 Å². The molecule has 94 valence electrons. The first kappa shape index (κ1) is 12.2. The van der Waals surface area contributed by atoms with Gasteiger partial charge in [-0.25, -0.2) is 4.79 Å². The fraction of sp³-hybridized carbons (Fsp3) is 0.0714. The van der Waals surface area contributed by atoms with E-state index in [2.05, 4.69) is 17.4 Å². The van der Waals surface area contributed by atoms with Crippen LogP contribution >= 0.6 is 23.2 Å². The smallest absolute Gasteiger partial charge is 0.349 e. The van der Waals surface area contributed by atoms with Gasteiger partial charge in [-0.05, 0) is 30.3 Å². The minimum atomic E-state index is -0.593. The van der Waals surface area contributed by atoms with Gasteiger partial charge in [0.2, 0.25) is 6.23 Å². The van der Waals surface area contributed by atoms with E-state index < -0.39 is 12.2 Å². The Kier molecular flexibility index (Phi) is 2.98. The third-order valence-corrected chi connectivity index (χ3v) is 3.32. The molecule has 3 rings (SSSR count). The Morgan fingerprint density at radius 2 is 2.11 bits per heavy atom. The number of carbonyl (C=O) groups is 1. The number of benzene rings is 1. The topological polar surface area (TPSA) is 38.3 Å². The summed E-state index contributed by atoms with van der Waals surface area (Å²) in [6, 6.07) is 13.9. The maximum Gasteiger partial charge on any atom is 0.349 e. The van der Waals surface area contributed by atoms with Gasteiger partial charge in [0.15, 0.2) is 0 Å². The van der Waals surface area contributed by atoms with E-state index in [1.54, 1.807) is 30.3 Å². The van der Waals surface area contributed by atoms with E-state index >= 15 is 0 Å². The molecule has 0 saturated heterocycles. The highest BCUT2D eigenvalue weighted by Crippen LogP contribution is 2.33. The van der Waals surface area contributed by atoms with Crippen molar-refractivity contribution in [2.24, 2.45) is 0 Å². The summed E-state index contributed by atoms with van der Waals surface area (Å²) in [5, 5.41) is 4.09. The molecular formula is C14H7Cl2NO2. The number of carbonyl (C=O) groups excluding carboxylic acids is 1. The van der Waals surface area contributed by atoms with Crippen LogP contribution in [0.2, 0.25) is 10.0 Å². The Labute approximate surface area is 120 Å². The van der Waals surface area contributed by atoms with Crippen molar-refractivity contribution in [3.63, 3.8) is 0 Å². The van der Waals surface area contributed by atoms with Crippen LogP contribution in [0.25, 0.3) is 0 Å². The molecule has 0 saturated carbocycles. The van der Waals surface area contributed by atoms with Crippen LogP contribution in [0.4, 0.5) is 5.69 Å². The van der Waals surface area contributed by atoms with E-state index in [9.17, 15) is 4.79 Å². The number of cyclic esters (lactones) is 1. The summed E-state index contributed by atoms with van der Waals surface area (Å²) in [4.78, 5) is 11.6. The summed E-state index contributed by atoms with van der Waals surface area (Å²) in [5.41, 5.74) is 1.70. The largest absolute Gasteiger partial charge is 0.433 e. The zero-order valence-electron chi connectivity index (χ0n) is 9.54. The lowest BCUT2D eigenvalue weighted by molar-refractivity contribution is 0.0437. The molecule has 2 aromatic carbocycles. The van der Waals surface area contributed by atoms with E-state index in [0.717, 1.165) is 0 Å². The first-order valence-electron chi connectivity index (χ1n) is 5.50. The first-order valence-corrected chi connectivity index (χ1v) is 6.25. The normalized spacial score (nSPS) is 16.5. The molecule has 0 bridgehead atoms. The zero-order valence-corrected chi connectivity index (χ0v) is 11.0. The number of rotatable bonds is 2. The average Bonchev–Trinajstić information content (AvgIpc) is 2.72. The SMILES string of the molecule is O=C1OC(Nc2cc(Cl)ccc2Cl)c2ccc#cc21. The van der Waals surface area contributed by atoms with Crippen LogP contribution in [0.1, 0.15) is 22.1 Å². The maximum absolute atomic E-state index is 11.6. The highest BCUT2D eigenvalue weighted by Gasteiger charge is 2.31. The molecule has 19 heavy (non-hydrogen) atoms. The molecule has 1 N–H and O–H groups in total. The number of anilines is 1. The average molecular weight is 292 g/mol. The predicted molar refractivity (Wildman–Crippen MR) is 72.4 cm³/mol. The second-order valence-electron chi connectivity index (χ2n) is 3.99. The lowest BCUT2D eigenvalue weighted by atomic mass is 10.1. The van der Waals surface area contributed by atoms with E-state index in [1.807, 2.05) is 0 Å². The van der Waals surface area contributed by atoms with Crippen LogP contribution in [-0.4, -0.2) is 5.97 Å². The van der Waals surface area contributed by atoms with Gasteiger partial charge in [-0.3, -0.25) is 0 Å². The van der Waals surface area contributed by atoms with Gasteiger partial charge < -0.3 is 10.1 Å². The van der Waals surface area contributed by atoms with Crippen molar-refractivity contribution in [1.29, 1.82) is 0 Å². The summed E-state index contributed by atoms with van der Waals surface area (Å²) in [7, 11) is 0. The second kappa shape index (κ2) is 4.65. The van der Waals surface area contributed by atoms with Crippen molar-refractivity contribution >= 4 is 34.9 Å². The quantitative estimate of drug-likeness (QED) is 0.854. The minimum absolute atomic E-state index is 0.387. The number of ether oxygens (including phenoxy) is 1. The van der Waals surface area contributed by atoms with Crippen molar-refractivity contribution in [3.8, 4) is 0 Å². The second-order valence-corrected chi connectivity index (χ2v) is 4.83. The maximum atomic E-state index is 11.6. The molecular weight excluding hydrogens is 285 g/mol. The van der Waals surface area contributed by atoms with Gasteiger partial charge in [-0.15, -0.1) is 0 Å². The van der Waals surface area contributed by atoms with Crippen molar-refractivity contribution in [1.82, 2.24) is 0 Å². The molecule has 5 heteroatoms. The Morgan fingerprint density at radius 1 is 1.26 bits per heavy atom. The number of hydrogen-bond acceptors (Lipinski definition) is 3. The molecule has 0 spiro atoms. The number of halogens is 2. The van der Waals surface area contributed by atoms with Crippen LogP contribution in [0.15, 0.2) is 30.3 Å². The number of hydrogen-bond donors (Lipinski definition) is 1. The summed E-state index contributed by atoms with van der Waals surface area (Å²) in [5.74, 6) is -0.428. The standard InChI is InChI=1S/C14H7Cl2NO2/c15-8-5-6-11(16)12(7-8)17-13-9-3-1-2-4-10(9)14(18)19-13/h1,3,5-7,13,17H. The molecule has 0 fully saturated rings. The van der Waals surface area contributed by atoms with Crippen LogP contribution < -0.4 is 5.32 Å². The molecule has 1 unspecified atom stereocenters. The lowest BCUT2D eigenvalue weighted by Gasteiger charge is -2.15. The van der Waals surface area contributed by atoms with Crippen molar-refractivity contribution in [3.05, 3.63) is 63.6 Å². The van der Waals surface area contributed by atoms with E-state index in [-0.39, 0.29) is 0 Å². The highest BCUT2D eigenvalue weighted by molar-refractivity contribution is 6.35. The van der Waals surface area contributed by atoms with Gasteiger partial charge in [0.05, 0.1) is 10.7 Å². The third kappa shape index (κ3) is 2.21. The van der Waals surface area contributed by atoms with Gasteiger partial charge >= 0.3 is 5.97 Å². The van der Waals surface area contributed by atoms with Crippen molar-refractivity contribution in [2.75, 3.05) is 5.32 Å². The molecule has 1 aliphatic rings. The molecule has 1 atom stereocenters. The number of nitrogens with one attached hydrogen (secondary N) is 1. The van der Waals surface area contributed by atoms with E-state index in [4.69, 9.17) is 27.9 Å². The summed E-state index contributed by atoms with van der Waals surface area (Å²) in [6.07, 6.45) is -0.593. The molecule has 0 aromatic heterocycles. The van der Waals surface area contributed by atoms with Gasteiger partial charge in [0.1, 0.15) is 5.56 Å².